The van der Waals surface area contributed by atoms with Gasteiger partial charge >= 0.3 is 0 Å². The van der Waals surface area contributed by atoms with Gasteiger partial charge in [-0.1, -0.05) is 38.0 Å². The molecule has 1 fully saturated rings. The molecule has 0 aromatic carbocycles. The van der Waals surface area contributed by atoms with Crippen molar-refractivity contribution in [3.05, 3.63) is 49.1 Å². The van der Waals surface area contributed by atoms with Gasteiger partial charge in [0.1, 0.15) is 5.84 Å². The van der Waals surface area contributed by atoms with Gasteiger partial charge in [0.05, 0.1) is 0 Å². The van der Waals surface area contributed by atoms with Gasteiger partial charge in [-0.15, -0.1) is 0 Å². The summed E-state index contributed by atoms with van der Waals surface area (Å²) in [5.74, 6) is 0.969. The Hall–Kier alpha value is -1.61. The van der Waals surface area contributed by atoms with Gasteiger partial charge in [-0.05, 0) is 5.57 Å². The fourth-order valence-electron chi connectivity index (χ4n) is 1.86. The molecule has 1 aliphatic rings. The Morgan fingerprint density at radius 2 is 1.94 bits per heavy atom. The van der Waals surface area contributed by atoms with E-state index in [0.717, 1.165) is 43.2 Å². The van der Waals surface area contributed by atoms with E-state index in [2.05, 4.69) is 34.9 Å². The number of nitrogens with zero attached hydrogens (tertiary/aromatic N) is 2. The van der Waals surface area contributed by atoms with E-state index in [1.165, 1.54) is 0 Å². The molecule has 0 atom stereocenters. The number of piperazine rings is 1. The second-order valence-corrected chi connectivity index (χ2v) is 3.83. The highest BCUT2D eigenvalue weighted by atomic mass is 15.2. The minimum atomic E-state index is 0.879. The lowest BCUT2D eigenvalue weighted by Crippen LogP contribution is -2.47. The molecule has 0 spiro atoms. The third-order valence-electron chi connectivity index (χ3n) is 2.75. The van der Waals surface area contributed by atoms with Crippen molar-refractivity contribution in [2.24, 2.45) is 4.99 Å². The van der Waals surface area contributed by atoms with Crippen molar-refractivity contribution >= 4 is 5.84 Å². The van der Waals surface area contributed by atoms with Gasteiger partial charge in [0.15, 0.2) is 0 Å². The lowest BCUT2D eigenvalue weighted by Gasteiger charge is -2.31. The van der Waals surface area contributed by atoms with Crippen molar-refractivity contribution in [2.45, 2.75) is 0 Å². The molecule has 0 saturated carbocycles. The van der Waals surface area contributed by atoms with Crippen LogP contribution in [0.3, 0.4) is 0 Å². The molecule has 0 aromatic heterocycles. The van der Waals surface area contributed by atoms with E-state index in [1.54, 1.807) is 12.2 Å². The molecule has 17 heavy (non-hydrogen) atoms. The third kappa shape index (κ3) is 3.43. The largest absolute Gasteiger partial charge is 0.354 e. The Balaban J connectivity index is 2.97. The molecule has 1 N–H and O–H groups in total. The number of aliphatic imine (C=N–C) groups is 1. The molecule has 1 heterocycles. The molecular weight excluding hydrogens is 210 g/mol. The van der Waals surface area contributed by atoms with Crippen LogP contribution in [-0.4, -0.2) is 44.0 Å². The van der Waals surface area contributed by atoms with Gasteiger partial charge in [-0.3, -0.25) is 4.99 Å². The van der Waals surface area contributed by atoms with Crippen LogP contribution in [0.2, 0.25) is 0 Å². The fraction of sp³-hybridized carbons (Fsp3) is 0.357. The van der Waals surface area contributed by atoms with Gasteiger partial charge in [0, 0.05) is 38.8 Å². The number of hydrogen-bond acceptors (Lipinski definition) is 2. The average Bonchev–Trinajstić information content (AvgIpc) is 2.39. The standard InChI is InChI=1S/C14H21N3/c1-5-7-13(12(3)6-2)14(15-4)17-10-8-16-9-11-17/h5-7,16H,1-3,8-11H2,4H3/b13-7+,15-14?. The van der Waals surface area contributed by atoms with Gasteiger partial charge in [-0.2, -0.15) is 0 Å². The van der Waals surface area contributed by atoms with E-state index in [-0.39, 0.29) is 0 Å². The summed E-state index contributed by atoms with van der Waals surface area (Å²) in [4.78, 5) is 6.65. The van der Waals surface area contributed by atoms with Gasteiger partial charge in [0.2, 0.25) is 0 Å². The predicted molar refractivity (Wildman–Crippen MR) is 75.4 cm³/mol. The highest BCUT2D eigenvalue weighted by molar-refractivity contribution is 6.03. The van der Waals surface area contributed by atoms with Crippen LogP contribution >= 0.6 is 0 Å². The topological polar surface area (TPSA) is 27.6 Å². The lowest BCUT2D eigenvalue weighted by atomic mass is 10.0. The monoisotopic (exact) mass is 231 g/mol. The molecule has 0 unspecified atom stereocenters. The molecule has 3 nitrogen and oxygen atoms in total. The molecule has 0 radical (unpaired) electrons. The summed E-state index contributed by atoms with van der Waals surface area (Å²) in [6, 6.07) is 0. The van der Waals surface area contributed by atoms with Gasteiger partial charge < -0.3 is 10.2 Å². The van der Waals surface area contributed by atoms with Crippen LogP contribution in [0.5, 0.6) is 0 Å². The molecule has 3 heteroatoms. The minimum Gasteiger partial charge on any atom is -0.354 e. The maximum atomic E-state index is 4.39. The van der Waals surface area contributed by atoms with Crippen molar-refractivity contribution < 1.29 is 0 Å². The summed E-state index contributed by atoms with van der Waals surface area (Å²) in [6.07, 6.45) is 5.45. The molecule has 0 amide bonds. The molecule has 0 bridgehead atoms. The summed E-state index contributed by atoms with van der Waals surface area (Å²) >= 11 is 0. The summed E-state index contributed by atoms with van der Waals surface area (Å²) < 4.78 is 0. The zero-order chi connectivity index (χ0) is 12.7. The predicted octanol–water partition coefficient (Wildman–Crippen LogP) is 1.77. The van der Waals surface area contributed by atoms with Gasteiger partial charge in [0.25, 0.3) is 0 Å². The second kappa shape index (κ2) is 6.86. The van der Waals surface area contributed by atoms with Crippen LogP contribution in [0.1, 0.15) is 0 Å². The first-order valence-electron chi connectivity index (χ1n) is 5.81. The third-order valence-corrected chi connectivity index (χ3v) is 2.75. The average molecular weight is 231 g/mol. The zero-order valence-corrected chi connectivity index (χ0v) is 10.6. The Labute approximate surface area is 104 Å². The highest BCUT2D eigenvalue weighted by Crippen LogP contribution is 2.15. The first-order chi connectivity index (χ1) is 8.24. The summed E-state index contributed by atoms with van der Waals surface area (Å²) in [5, 5.41) is 3.33. The van der Waals surface area contributed by atoms with Crippen molar-refractivity contribution in [2.75, 3.05) is 33.2 Å². The summed E-state index contributed by atoms with van der Waals surface area (Å²) in [7, 11) is 1.81. The molecule has 0 aromatic rings. The quantitative estimate of drug-likeness (QED) is 0.454. The number of allylic oxidation sites excluding steroid dienone is 3. The number of amidine groups is 1. The van der Waals surface area contributed by atoms with E-state index >= 15 is 0 Å². The Kier molecular flexibility index (Phi) is 5.43. The number of nitrogens with one attached hydrogen (secondary N) is 1. The van der Waals surface area contributed by atoms with Crippen LogP contribution in [-0.2, 0) is 0 Å². The van der Waals surface area contributed by atoms with Crippen molar-refractivity contribution in [1.29, 1.82) is 0 Å². The Morgan fingerprint density at radius 1 is 1.29 bits per heavy atom. The summed E-state index contributed by atoms with van der Waals surface area (Å²) in [6.45, 7) is 15.4. The summed E-state index contributed by atoms with van der Waals surface area (Å²) in [5.41, 5.74) is 1.88. The van der Waals surface area contributed by atoms with Crippen LogP contribution in [0, 0.1) is 0 Å². The Morgan fingerprint density at radius 3 is 2.41 bits per heavy atom. The van der Waals surface area contributed by atoms with E-state index in [1.807, 2.05) is 13.1 Å². The van der Waals surface area contributed by atoms with Crippen molar-refractivity contribution in [3.63, 3.8) is 0 Å². The highest BCUT2D eigenvalue weighted by Gasteiger charge is 2.17. The first-order valence-corrected chi connectivity index (χ1v) is 5.81. The SMILES string of the molecule is C=C/C=C(\C(=C)C=C)C(=NC)N1CCNCC1. The molecule has 0 aliphatic carbocycles. The maximum absolute atomic E-state index is 4.39. The second-order valence-electron chi connectivity index (χ2n) is 3.83. The molecule has 1 rings (SSSR count). The maximum Gasteiger partial charge on any atom is 0.131 e. The van der Waals surface area contributed by atoms with E-state index in [4.69, 9.17) is 0 Å². The van der Waals surface area contributed by atoms with Crippen LogP contribution in [0.15, 0.2) is 54.1 Å². The van der Waals surface area contributed by atoms with E-state index in [9.17, 15) is 0 Å². The van der Waals surface area contributed by atoms with Crippen LogP contribution < -0.4 is 5.32 Å². The molecule has 92 valence electrons. The molecular formula is C14H21N3. The van der Waals surface area contributed by atoms with E-state index in [0.29, 0.717) is 0 Å². The zero-order valence-electron chi connectivity index (χ0n) is 10.6. The Bertz CT molecular complexity index is 358. The van der Waals surface area contributed by atoms with Crippen LogP contribution in [0.4, 0.5) is 0 Å². The number of hydrogen-bond donors (Lipinski definition) is 1. The van der Waals surface area contributed by atoms with Crippen molar-refractivity contribution in [3.8, 4) is 0 Å². The minimum absolute atomic E-state index is 0.879. The van der Waals surface area contributed by atoms with Crippen LogP contribution in [0.25, 0.3) is 0 Å². The van der Waals surface area contributed by atoms with Crippen molar-refractivity contribution in [1.82, 2.24) is 10.2 Å². The first kappa shape index (κ1) is 13.5. The molecule has 1 saturated heterocycles. The smallest absolute Gasteiger partial charge is 0.131 e. The van der Waals surface area contributed by atoms with Gasteiger partial charge in [-0.25, -0.2) is 0 Å². The van der Waals surface area contributed by atoms with E-state index < -0.39 is 0 Å². The molecule has 1 aliphatic heterocycles. The normalized spacial score (nSPS) is 17.8. The lowest BCUT2D eigenvalue weighted by molar-refractivity contribution is 0.357. The number of rotatable bonds is 4. The fourth-order valence-corrected chi connectivity index (χ4v) is 1.86.